The van der Waals surface area contributed by atoms with Crippen LogP contribution in [0.1, 0.15) is 29.9 Å². The van der Waals surface area contributed by atoms with Crippen LogP contribution in [-0.4, -0.2) is 60.5 Å². The van der Waals surface area contributed by atoms with Crippen LogP contribution in [0.4, 0.5) is 0 Å². The zero-order valence-corrected chi connectivity index (χ0v) is 21.2. The molecule has 2 aromatic heterocycles. The monoisotopic (exact) mass is 519 g/mol. The molecule has 6 rings (SSSR count). The van der Waals surface area contributed by atoms with Crippen LogP contribution in [0.3, 0.4) is 0 Å². The first-order valence-electron chi connectivity index (χ1n) is 10.7. The van der Waals surface area contributed by atoms with Crippen molar-refractivity contribution in [3.8, 4) is 5.00 Å². The topological polar surface area (TPSA) is 45.6 Å². The van der Waals surface area contributed by atoms with E-state index in [1.165, 1.54) is 42.7 Å². The summed E-state index contributed by atoms with van der Waals surface area (Å²) < 4.78 is 2.86. The van der Waals surface area contributed by atoms with Crippen molar-refractivity contribution in [1.82, 2.24) is 14.4 Å². The molecular weight excluding hydrogens is 497 g/mol. The summed E-state index contributed by atoms with van der Waals surface area (Å²) in [6.45, 7) is 4.50. The second-order valence-electron chi connectivity index (χ2n) is 9.12. The molecule has 4 heterocycles. The third-order valence-electron chi connectivity index (χ3n) is 6.91. The Morgan fingerprint density at radius 2 is 1.58 bits per heavy atom. The molecule has 4 aromatic rings. The second kappa shape index (κ2) is 6.76. The number of rotatable bonds is 1. The minimum atomic E-state index is -0.297. The summed E-state index contributed by atoms with van der Waals surface area (Å²) in [7, 11) is 3.35. The number of carbonyl (C=O) groups excluding carboxylic acids is 2. The molecule has 0 saturated carbocycles. The van der Waals surface area contributed by atoms with Gasteiger partial charge in [0.1, 0.15) is 0 Å². The van der Waals surface area contributed by atoms with E-state index in [0.717, 1.165) is 9.88 Å². The maximum absolute atomic E-state index is 12.9. The SMILES string of the molecule is CN1C(=O)C(=Cc2cc3c(s2)-n2c4ccccc4c4cccc(c42)C3(C)C)C(=O)N(C)C1=[Se]. The first kappa shape index (κ1) is 20.6. The van der Waals surface area contributed by atoms with Gasteiger partial charge in [0, 0.05) is 0 Å². The molecule has 0 aliphatic carbocycles. The Kier molecular flexibility index (Phi) is 4.22. The zero-order chi connectivity index (χ0) is 23.2. The summed E-state index contributed by atoms with van der Waals surface area (Å²) in [5, 5.41) is 3.62. The molecule has 2 amide bonds. The molecule has 0 N–H and O–H groups in total. The van der Waals surface area contributed by atoms with Gasteiger partial charge in [-0.05, 0) is 0 Å². The van der Waals surface area contributed by atoms with E-state index in [-0.39, 0.29) is 22.8 Å². The summed E-state index contributed by atoms with van der Waals surface area (Å²) >= 11 is 4.43. The van der Waals surface area contributed by atoms with Gasteiger partial charge in [-0.2, -0.15) is 0 Å². The summed E-state index contributed by atoms with van der Waals surface area (Å²) in [4.78, 5) is 29.7. The number of likely N-dealkylation sites (N-methyl/N-ethyl adjacent to an activating group) is 2. The van der Waals surface area contributed by atoms with Crippen molar-refractivity contribution < 1.29 is 9.59 Å². The number of carbonyl (C=O) groups is 2. The van der Waals surface area contributed by atoms with E-state index in [1.54, 1.807) is 31.5 Å². The summed E-state index contributed by atoms with van der Waals surface area (Å²) in [6.07, 6.45) is 1.75. The molecule has 5 nitrogen and oxygen atoms in total. The van der Waals surface area contributed by atoms with Crippen LogP contribution < -0.4 is 0 Å². The zero-order valence-electron chi connectivity index (χ0n) is 18.7. The molecule has 0 spiro atoms. The first-order valence-corrected chi connectivity index (χ1v) is 12.4. The number of aromatic nitrogens is 1. The predicted molar refractivity (Wildman–Crippen MR) is 135 cm³/mol. The van der Waals surface area contributed by atoms with Crippen LogP contribution in [0.2, 0.25) is 0 Å². The van der Waals surface area contributed by atoms with Crippen molar-refractivity contribution in [3.63, 3.8) is 0 Å². The van der Waals surface area contributed by atoms with Crippen molar-refractivity contribution in [2.45, 2.75) is 19.3 Å². The number of benzene rings is 2. The fourth-order valence-electron chi connectivity index (χ4n) is 5.08. The number of hydrogen-bond donors (Lipinski definition) is 0. The molecule has 2 aliphatic rings. The molecule has 1 saturated heterocycles. The first-order chi connectivity index (χ1) is 15.7. The quantitative estimate of drug-likeness (QED) is 0.217. The van der Waals surface area contributed by atoms with Crippen LogP contribution in [0, 0.1) is 0 Å². The molecule has 7 heteroatoms. The fraction of sp³-hybridized carbons (Fsp3) is 0.192. The normalized spacial score (nSPS) is 17.3. The van der Waals surface area contributed by atoms with Crippen LogP contribution in [-0.2, 0) is 15.0 Å². The van der Waals surface area contributed by atoms with Crippen molar-refractivity contribution in [3.05, 3.63) is 70.1 Å². The van der Waals surface area contributed by atoms with E-state index in [4.69, 9.17) is 0 Å². The van der Waals surface area contributed by atoms with Gasteiger partial charge < -0.3 is 0 Å². The molecule has 1 fully saturated rings. The Balaban J connectivity index is 1.62. The van der Waals surface area contributed by atoms with Crippen LogP contribution in [0.5, 0.6) is 0 Å². The predicted octanol–water partition coefficient (Wildman–Crippen LogP) is 4.05. The van der Waals surface area contributed by atoms with E-state index in [9.17, 15) is 9.59 Å². The van der Waals surface area contributed by atoms with Crippen LogP contribution >= 0.6 is 11.3 Å². The number of para-hydroxylation sites is 2. The van der Waals surface area contributed by atoms with E-state index >= 15 is 0 Å². The second-order valence-corrected chi connectivity index (χ2v) is 10.9. The van der Waals surface area contributed by atoms with Gasteiger partial charge >= 0.3 is 198 Å². The molecule has 0 bridgehead atoms. The van der Waals surface area contributed by atoms with Gasteiger partial charge in [-0.3, -0.25) is 0 Å². The van der Waals surface area contributed by atoms with E-state index in [1.807, 2.05) is 0 Å². The summed E-state index contributed by atoms with van der Waals surface area (Å²) in [5.41, 5.74) is 4.86. The van der Waals surface area contributed by atoms with Gasteiger partial charge in [0.25, 0.3) is 0 Å². The van der Waals surface area contributed by atoms with Gasteiger partial charge in [0.15, 0.2) is 0 Å². The van der Waals surface area contributed by atoms with Crippen LogP contribution in [0.25, 0.3) is 32.9 Å². The van der Waals surface area contributed by atoms with Gasteiger partial charge in [-0.15, -0.1) is 0 Å². The molecule has 0 atom stereocenters. The number of amides is 2. The number of nitrogens with zero attached hydrogens (tertiary/aromatic N) is 3. The Labute approximate surface area is 203 Å². The number of fused-ring (bicyclic) bond motifs is 5. The number of hydrogen-bond acceptors (Lipinski definition) is 3. The van der Waals surface area contributed by atoms with Crippen molar-refractivity contribution in [2.75, 3.05) is 14.1 Å². The molecule has 164 valence electrons. The van der Waals surface area contributed by atoms with Crippen molar-refractivity contribution in [1.29, 1.82) is 0 Å². The van der Waals surface area contributed by atoms with Gasteiger partial charge in [0.05, 0.1) is 0 Å². The Bertz CT molecular complexity index is 1560. The van der Waals surface area contributed by atoms with E-state index < -0.39 is 0 Å². The average molecular weight is 519 g/mol. The molecule has 0 radical (unpaired) electrons. The van der Waals surface area contributed by atoms with Gasteiger partial charge in [0.2, 0.25) is 0 Å². The third-order valence-corrected chi connectivity index (χ3v) is 9.12. The van der Waals surface area contributed by atoms with Gasteiger partial charge in [-0.25, -0.2) is 0 Å². The molecule has 33 heavy (non-hydrogen) atoms. The Morgan fingerprint density at radius 3 is 2.30 bits per heavy atom. The van der Waals surface area contributed by atoms with Crippen molar-refractivity contribution in [2.24, 2.45) is 0 Å². The summed E-state index contributed by atoms with van der Waals surface area (Å²) in [6, 6.07) is 17.2. The summed E-state index contributed by atoms with van der Waals surface area (Å²) in [5.74, 6) is -0.593. The third kappa shape index (κ3) is 2.61. The molecule has 2 aromatic carbocycles. The van der Waals surface area contributed by atoms with Crippen molar-refractivity contribution >= 4 is 71.3 Å². The van der Waals surface area contributed by atoms with Gasteiger partial charge in [-0.1, -0.05) is 6.07 Å². The Morgan fingerprint density at radius 1 is 0.909 bits per heavy atom. The standard InChI is InChI=1S/C26H21N3O2SSe/c1-26(2)18-10-7-9-16-15-8-5-6-11-20(15)29(21(16)18)24-19(26)13-14(32-24)12-17-22(30)27(3)25(33)28(4)23(17)31/h5-13H,1-4H3. The average Bonchev–Trinajstić information content (AvgIpc) is 3.38. The van der Waals surface area contributed by atoms with E-state index in [0.29, 0.717) is 4.67 Å². The molecular formula is C26H21N3O2SSe. The number of thiophene rings is 1. The maximum atomic E-state index is 12.9. The fourth-order valence-corrected chi connectivity index (χ4v) is 6.71. The van der Waals surface area contributed by atoms with E-state index in [2.05, 4.69) is 82.5 Å². The van der Waals surface area contributed by atoms with Crippen LogP contribution in [0.15, 0.2) is 54.1 Å². The minimum absolute atomic E-state index is 0.176. The Hall–Kier alpha value is -2.99. The molecule has 2 aliphatic heterocycles. The molecule has 0 unspecified atom stereocenters.